The summed E-state index contributed by atoms with van der Waals surface area (Å²) in [7, 11) is 0. The van der Waals surface area contributed by atoms with Crippen LogP contribution in [-0.2, 0) is 4.79 Å². The molecular formula is C14H27N3O. The summed E-state index contributed by atoms with van der Waals surface area (Å²) in [5, 5.41) is 0. The third-order valence-electron chi connectivity index (χ3n) is 4.29. The molecule has 4 nitrogen and oxygen atoms in total. The Hall–Kier alpha value is -0.610. The first-order valence-electron chi connectivity index (χ1n) is 7.26. The van der Waals surface area contributed by atoms with Gasteiger partial charge in [-0.3, -0.25) is 9.69 Å². The molecule has 0 spiro atoms. The number of amides is 1. The SMILES string of the molecule is CC(C)CCN(CC(N)(C(N)=O)C1CC1)C1CC1. The fourth-order valence-electron chi connectivity index (χ4n) is 2.60. The van der Waals surface area contributed by atoms with Crippen LogP contribution in [0.25, 0.3) is 0 Å². The molecule has 2 rings (SSSR count). The first-order valence-corrected chi connectivity index (χ1v) is 7.26. The van der Waals surface area contributed by atoms with Crippen LogP contribution in [0.4, 0.5) is 0 Å². The summed E-state index contributed by atoms with van der Waals surface area (Å²) >= 11 is 0. The van der Waals surface area contributed by atoms with Crippen molar-refractivity contribution < 1.29 is 4.79 Å². The molecule has 0 aromatic heterocycles. The highest BCUT2D eigenvalue weighted by atomic mass is 16.1. The standard InChI is InChI=1S/C14H27N3O/c1-10(2)7-8-17(12-5-6-12)9-14(16,13(15)18)11-3-4-11/h10-12H,3-9,16H2,1-2H3,(H2,15,18). The van der Waals surface area contributed by atoms with Crippen LogP contribution in [0, 0.1) is 11.8 Å². The Morgan fingerprint density at radius 1 is 1.33 bits per heavy atom. The average molecular weight is 253 g/mol. The van der Waals surface area contributed by atoms with Crippen LogP contribution >= 0.6 is 0 Å². The number of carbonyl (C=O) groups is 1. The minimum absolute atomic E-state index is 0.315. The molecule has 0 heterocycles. The number of primary amides is 1. The van der Waals surface area contributed by atoms with Crippen LogP contribution < -0.4 is 11.5 Å². The van der Waals surface area contributed by atoms with E-state index in [1.165, 1.54) is 12.8 Å². The van der Waals surface area contributed by atoms with Gasteiger partial charge in [-0.2, -0.15) is 0 Å². The van der Waals surface area contributed by atoms with Gasteiger partial charge in [-0.1, -0.05) is 13.8 Å². The second kappa shape index (κ2) is 5.17. The molecule has 4 N–H and O–H groups in total. The van der Waals surface area contributed by atoms with E-state index < -0.39 is 5.54 Å². The van der Waals surface area contributed by atoms with Crippen molar-refractivity contribution in [1.82, 2.24) is 4.90 Å². The Kier molecular flexibility index (Phi) is 3.97. The van der Waals surface area contributed by atoms with Crippen LogP contribution in [0.3, 0.4) is 0 Å². The van der Waals surface area contributed by atoms with E-state index in [2.05, 4.69) is 18.7 Å². The van der Waals surface area contributed by atoms with Crippen molar-refractivity contribution in [2.24, 2.45) is 23.3 Å². The second-order valence-corrected chi connectivity index (χ2v) is 6.56. The topological polar surface area (TPSA) is 72.3 Å². The molecule has 0 saturated heterocycles. The van der Waals surface area contributed by atoms with Crippen molar-refractivity contribution >= 4 is 5.91 Å². The molecule has 2 saturated carbocycles. The van der Waals surface area contributed by atoms with Gasteiger partial charge in [0.05, 0.1) is 0 Å². The van der Waals surface area contributed by atoms with E-state index in [-0.39, 0.29) is 5.91 Å². The molecule has 2 aliphatic carbocycles. The lowest BCUT2D eigenvalue weighted by atomic mass is 9.92. The summed E-state index contributed by atoms with van der Waals surface area (Å²) in [6.07, 6.45) is 5.77. The fourth-order valence-corrected chi connectivity index (χ4v) is 2.60. The van der Waals surface area contributed by atoms with Gasteiger partial charge in [-0.05, 0) is 50.5 Å². The molecule has 1 atom stereocenters. The highest BCUT2D eigenvalue weighted by Crippen LogP contribution is 2.40. The molecule has 2 fully saturated rings. The predicted octanol–water partition coefficient (Wildman–Crippen LogP) is 1.09. The van der Waals surface area contributed by atoms with Gasteiger partial charge >= 0.3 is 0 Å². The fraction of sp³-hybridized carbons (Fsp3) is 0.929. The minimum Gasteiger partial charge on any atom is -0.368 e. The van der Waals surface area contributed by atoms with Gasteiger partial charge in [-0.25, -0.2) is 0 Å². The van der Waals surface area contributed by atoms with E-state index >= 15 is 0 Å². The van der Waals surface area contributed by atoms with Crippen LogP contribution in [0.1, 0.15) is 46.0 Å². The smallest absolute Gasteiger partial charge is 0.239 e. The van der Waals surface area contributed by atoms with Crippen molar-refractivity contribution in [3.63, 3.8) is 0 Å². The Bertz CT molecular complexity index is 310. The highest BCUT2D eigenvalue weighted by Gasteiger charge is 2.49. The third kappa shape index (κ3) is 3.23. The molecule has 1 amide bonds. The van der Waals surface area contributed by atoms with E-state index in [1.54, 1.807) is 0 Å². The summed E-state index contributed by atoms with van der Waals surface area (Å²) in [5.41, 5.74) is 11.1. The number of hydrogen-bond acceptors (Lipinski definition) is 3. The summed E-state index contributed by atoms with van der Waals surface area (Å²) in [4.78, 5) is 14.1. The normalized spacial score (nSPS) is 23.4. The van der Waals surface area contributed by atoms with Crippen molar-refractivity contribution in [3.8, 4) is 0 Å². The first kappa shape index (κ1) is 13.8. The first-order chi connectivity index (χ1) is 8.43. The highest BCUT2D eigenvalue weighted by molar-refractivity contribution is 5.85. The third-order valence-corrected chi connectivity index (χ3v) is 4.29. The van der Waals surface area contributed by atoms with Gasteiger partial charge in [0.2, 0.25) is 5.91 Å². The lowest BCUT2D eigenvalue weighted by molar-refractivity contribution is -0.124. The minimum atomic E-state index is -0.792. The summed E-state index contributed by atoms with van der Waals surface area (Å²) in [5.74, 6) is 0.684. The van der Waals surface area contributed by atoms with Gasteiger partial charge in [-0.15, -0.1) is 0 Å². The Morgan fingerprint density at radius 3 is 2.33 bits per heavy atom. The molecule has 0 radical (unpaired) electrons. The number of carbonyl (C=O) groups excluding carboxylic acids is 1. The lowest BCUT2D eigenvalue weighted by Crippen LogP contribution is -2.61. The number of nitrogens with zero attached hydrogens (tertiary/aromatic N) is 1. The predicted molar refractivity (Wildman–Crippen MR) is 72.9 cm³/mol. The zero-order valence-electron chi connectivity index (χ0n) is 11.7. The van der Waals surface area contributed by atoms with Gasteiger partial charge < -0.3 is 11.5 Å². The maximum Gasteiger partial charge on any atom is 0.239 e. The number of hydrogen-bond donors (Lipinski definition) is 2. The van der Waals surface area contributed by atoms with Crippen LogP contribution in [0.2, 0.25) is 0 Å². The van der Waals surface area contributed by atoms with Gasteiger partial charge in [0.1, 0.15) is 5.54 Å². The van der Waals surface area contributed by atoms with Crippen LogP contribution in [-0.4, -0.2) is 35.5 Å². The average Bonchev–Trinajstić information content (AvgIpc) is 3.16. The van der Waals surface area contributed by atoms with Crippen molar-refractivity contribution in [1.29, 1.82) is 0 Å². The Balaban J connectivity index is 1.95. The quantitative estimate of drug-likeness (QED) is 0.680. The maximum absolute atomic E-state index is 11.7. The molecule has 4 heteroatoms. The van der Waals surface area contributed by atoms with Crippen LogP contribution in [0.15, 0.2) is 0 Å². The summed E-state index contributed by atoms with van der Waals surface area (Å²) in [6, 6.07) is 0.643. The zero-order valence-corrected chi connectivity index (χ0v) is 11.7. The molecular weight excluding hydrogens is 226 g/mol. The van der Waals surface area contributed by atoms with Crippen molar-refractivity contribution in [2.45, 2.75) is 57.5 Å². The van der Waals surface area contributed by atoms with E-state index in [0.29, 0.717) is 24.4 Å². The molecule has 0 aliphatic heterocycles. The maximum atomic E-state index is 11.7. The molecule has 0 aromatic rings. The molecule has 104 valence electrons. The second-order valence-electron chi connectivity index (χ2n) is 6.56. The van der Waals surface area contributed by atoms with E-state index in [0.717, 1.165) is 25.8 Å². The molecule has 0 aromatic carbocycles. The van der Waals surface area contributed by atoms with Gasteiger partial charge in [0.15, 0.2) is 0 Å². The lowest BCUT2D eigenvalue weighted by Gasteiger charge is -2.33. The van der Waals surface area contributed by atoms with Gasteiger partial charge in [0.25, 0.3) is 0 Å². The van der Waals surface area contributed by atoms with Crippen molar-refractivity contribution in [2.75, 3.05) is 13.1 Å². The van der Waals surface area contributed by atoms with Gasteiger partial charge in [0, 0.05) is 12.6 Å². The van der Waals surface area contributed by atoms with E-state index in [4.69, 9.17) is 11.5 Å². The number of rotatable bonds is 8. The van der Waals surface area contributed by atoms with Crippen molar-refractivity contribution in [3.05, 3.63) is 0 Å². The molecule has 0 bridgehead atoms. The monoisotopic (exact) mass is 253 g/mol. The van der Waals surface area contributed by atoms with E-state index in [9.17, 15) is 4.79 Å². The Labute approximate surface area is 110 Å². The molecule has 18 heavy (non-hydrogen) atoms. The summed E-state index contributed by atoms with van der Waals surface area (Å²) < 4.78 is 0. The summed E-state index contributed by atoms with van der Waals surface area (Å²) in [6.45, 7) is 6.16. The number of nitrogens with two attached hydrogens (primary N) is 2. The van der Waals surface area contributed by atoms with E-state index in [1.807, 2.05) is 0 Å². The van der Waals surface area contributed by atoms with Crippen LogP contribution in [0.5, 0.6) is 0 Å². The molecule has 2 aliphatic rings. The zero-order chi connectivity index (χ0) is 13.3. The molecule has 1 unspecified atom stereocenters. The largest absolute Gasteiger partial charge is 0.368 e. The Morgan fingerprint density at radius 2 is 1.94 bits per heavy atom.